The van der Waals surface area contributed by atoms with Crippen molar-refractivity contribution in [2.45, 2.75) is 19.4 Å². The fourth-order valence-electron chi connectivity index (χ4n) is 10.3. The Morgan fingerprint density at radius 3 is 2.05 bits per heavy atom. The summed E-state index contributed by atoms with van der Waals surface area (Å²) in [6.45, 7) is 2.28. The molecule has 0 aliphatic carbocycles. The van der Waals surface area contributed by atoms with Gasteiger partial charge < -0.3 is 8.98 Å². The standard InChI is InChI=1S/C58H39N3OS/c1-2-41-56(37-29-27-36(28-30-37)35-15-4-3-5-16-35)59-58(60-57(41)45-22-14-26-53-55(45)44-21-10-13-25-52(44)63-53)47-33-40(34-51-54(47)43-20-9-12-24-50(43)62-51)61-48-23-11-8-19-42(48)46-31-38-17-6-7-18-39(38)32-49(46)61/h3-34,41,57H,2H2,1H3. The predicted octanol–water partition coefficient (Wildman–Crippen LogP) is 15.9. The fraction of sp³-hybridized carbons (Fsp3) is 0.0690. The molecular formula is C58H39N3OS. The summed E-state index contributed by atoms with van der Waals surface area (Å²) in [5.74, 6) is 0.749. The molecule has 0 saturated heterocycles. The van der Waals surface area contributed by atoms with E-state index in [1.165, 1.54) is 58.4 Å². The van der Waals surface area contributed by atoms with E-state index >= 15 is 0 Å². The van der Waals surface area contributed by atoms with Gasteiger partial charge in [0.25, 0.3) is 0 Å². The van der Waals surface area contributed by atoms with Crippen LogP contribution in [0.25, 0.3) is 91.5 Å². The van der Waals surface area contributed by atoms with Crippen LogP contribution in [0.2, 0.25) is 0 Å². The van der Waals surface area contributed by atoms with E-state index in [9.17, 15) is 0 Å². The molecule has 9 aromatic carbocycles. The van der Waals surface area contributed by atoms with Gasteiger partial charge in [-0.1, -0.05) is 153 Å². The number of hydrogen-bond acceptors (Lipinski definition) is 4. The molecular weight excluding hydrogens is 787 g/mol. The maximum Gasteiger partial charge on any atom is 0.156 e. The molecule has 0 spiro atoms. The van der Waals surface area contributed by atoms with Gasteiger partial charge in [-0.15, -0.1) is 11.3 Å². The smallest absolute Gasteiger partial charge is 0.156 e. The van der Waals surface area contributed by atoms with Crippen LogP contribution in [0.1, 0.15) is 36.1 Å². The molecule has 0 radical (unpaired) electrons. The van der Waals surface area contributed by atoms with Crippen molar-refractivity contribution >= 4 is 97.6 Å². The van der Waals surface area contributed by atoms with Crippen molar-refractivity contribution in [2.75, 3.05) is 0 Å². The number of benzene rings is 9. The largest absolute Gasteiger partial charge is 0.456 e. The summed E-state index contributed by atoms with van der Waals surface area (Å²) in [7, 11) is 0. The quantitative estimate of drug-likeness (QED) is 0.165. The average molecular weight is 826 g/mol. The third kappa shape index (κ3) is 5.66. The van der Waals surface area contributed by atoms with Crippen molar-refractivity contribution in [1.82, 2.24) is 4.57 Å². The molecule has 12 aromatic rings. The maximum atomic E-state index is 6.82. The number of hydrogen-bond donors (Lipinski definition) is 0. The van der Waals surface area contributed by atoms with E-state index in [0.29, 0.717) is 5.84 Å². The molecule has 0 N–H and O–H groups in total. The molecule has 0 fully saturated rings. The molecule has 3 aromatic heterocycles. The van der Waals surface area contributed by atoms with Crippen LogP contribution in [0, 0.1) is 5.92 Å². The number of amidine groups is 1. The second kappa shape index (κ2) is 14.2. The Morgan fingerprint density at radius 2 is 1.21 bits per heavy atom. The monoisotopic (exact) mass is 825 g/mol. The van der Waals surface area contributed by atoms with Gasteiger partial charge in [0.15, 0.2) is 5.84 Å². The number of fused-ring (bicyclic) bond motifs is 10. The fourth-order valence-corrected chi connectivity index (χ4v) is 11.4. The van der Waals surface area contributed by atoms with Crippen LogP contribution in [-0.4, -0.2) is 16.1 Å². The molecule has 0 saturated carbocycles. The van der Waals surface area contributed by atoms with Crippen molar-refractivity contribution in [3.63, 3.8) is 0 Å². The van der Waals surface area contributed by atoms with Gasteiger partial charge in [0.1, 0.15) is 11.2 Å². The minimum atomic E-state index is -0.190. The zero-order valence-electron chi connectivity index (χ0n) is 34.5. The lowest BCUT2D eigenvalue weighted by Crippen LogP contribution is -2.28. The molecule has 4 heterocycles. The SMILES string of the molecule is CCC1C(c2ccc(-c3ccccc3)cc2)=NC(c2cc(-n3c4ccccc4c4cc5ccccc5cc43)cc3oc4ccccc4c23)=NC1c1cccc2sc3ccccc3c12. The summed E-state index contributed by atoms with van der Waals surface area (Å²) < 4.78 is 11.8. The topological polar surface area (TPSA) is 42.8 Å². The van der Waals surface area contributed by atoms with Crippen LogP contribution in [0.4, 0.5) is 0 Å². The summed E-state index contributed by atoms with van der Waals surface area (Å²) in [6, 6.07) is 69.9. The molecule has 0 bridgehead atoms. The molecule has 5 heteroatoms. The van der Waals surface area contributed by atoms with Crippen LogP contribution < -0.4 is 0 Å². The molecule has 4 nitrogen and oxygen atoms in total. The summed E-state index contributed by atoms with van der Waals surface area (Å²) >= 11 is 1.86. The lowest BCUT2D eigenvalue weighted by molar-refractivity contribution is 0.536. The van der Waals surface area contributed by atoms with Gasteiger partial charge in [0.2, 0.25) is 0 Å². The predicted molar refractivity (Wildman–Crippen MR) is 266 cm³/mol. The van der Waals surface area contributed by atoms with Crippen LogP contribution >= 0.6 is 11.3 Å². The second-order valence-electron chi connectivity index (χ2n) is 16.7. The highest BCUT2D eigenvalue weighted by Crippen LogP contribution is 2.45. The molecule has 63 heavy (non-hydrogen) atoms. The van der Waals surface area contributed by atoms with Crippen molar-refractivity contribution in [3.8, 4) is 16.8 Å². The lowest BCUT2D eigenvalue weighted by atomic mass is 9.81. The van der Waals surface area contributed by atoms with E-state index in [-0.39, 0.29) is 12.0 Å². The van der Waals surface area contributed by atoms with E-state index < -0.39 is 0 Å². The Balaban J connectivity index is 1.10. The minimum absolute atomic E-state index is 0.0333. The van der Waals surface area contributed by atoms with Gasteiger partial charge >= 0.3 is 0 Å². The third-order valence-corrected chi connectivity index (χ3v) is 14.3. The summed E-state index contributed by atoms with van der Waals surface area (Å²) in [5, 5.41) is 9.49. The van der Waals surface area contributed by atoms with E-state index in [1.54, 1.807) is 0 Å². The highest BCUT2D eigenvalue weighted by Gasteiger charge is 2.34. The lowest BCUT2D eigenvalue weighted by Gasteiger charge is -2.30. The number of nitrogens with zero attached hydrogens (tertiary/aromatic N) is 3. The van der Waals surface area contributed by atoms with Crippen molar-refractivity contribution in [2.24, 2.45) is 15.9 Å². The van der Waals surface area contributed by atoms with Gasteiger partial charge in [0, 0.05) is 59.3 Å². The van der Waals surface area contributed by atoms with Gasteiger partial charge in [-0.2, -0.15) is 0 Å². The minimum Gasteiger partial charge on any atom is -0.456 e. The van der Waals surface area contributed by atoms with Gasteiger partial charge in [-0.05, 0) is 81.9 Å². The van der Waals surface area contributed by atoms with Crippen LogP contribution in [0.15, 0.2) is 209 Å². The molecule has 1 aliphatic heterocycles. The third-order valence-electron chi connectivity index (χ3n) is 13.2. The average Bonchev–Trinajstić information content (AvgIpc) is 4.02. The summed E-state index contributed by atoms with van der Waals surface area (Å²) in [4.78, 5) is 11.6. The normalized spacial score (nSPS) is 15.6. The Labute approximate surface area is 367 Å². The second-order valence-corrected chi connectivity index (χ2v) is 17.8. The van der Waals surface area contributed by atoms with Crippen molar-refractivity contribution < 1.29 is 4.42 Å². The van der Waals surface area contributed by atoms with Gasteiger partial charge in [-0.25, -0.2) is 4.99 Å². The molecule has 2 unspecified atom stereocenters. The molecule has 0 amide bonds. The van der Waals surface area contributed by atoms with Crippen LogP contribution in [0.5, 0.6) is 0 Å². The number of aromatic nitrogens is 1. The van der Waals surface area contributed by atoms with E-state index in [4.69, 9.17) is 14.4 Å². The maximum absolute atomic E-state index is 6.82. The van der Waals surface area contributed by atoms with Crippen molar-refractivity contribution in [1.29, 1.82) is 0 Å². The number of aliphatic imine (C=N–C) groups is 2. The first-order chi connectivity index (χ1) is 31.2. The van der Waals surface area contributed by atoms with E-state index in [1.807, 2.05) is 17.4 Å². The molecule has 13 rings (SSSR count). The molecule has 1 aliphatic rings. The van der Waals surface area contributed by atoms with E-state index in [0.717, 1.165) is 61.9 Å². The molecule has 298 valence electrons. The number of para-hydroxylation sites is 2. The Morgan fingerprint density at radius 1 is 0.524 bits per heavy atom. The number of rotatable bonds is 6. The number of furan rings is 1. The first kappa shape index (κ1) is 36.1. The Hall–Kier alpha value is -7.60. The van der Waals surface area contributed by atoms with Crippen LogP contribution in [-0.2, 0) is 0 Å². The van der Waals surface area contributed by atoms with Gasteiger partial charge in [-0.3, -0.25) is 4.99 Å². The number of thiophene rings is 1. The van der Waals surface area contributed by atoms with E-state index in [2.05, 4.69) is 200 Å². The van der Waals surface area contributed by atoms with Gasteiger partial charge in [0.05, 0.1) is 28.5 Å². The Kier molecular flexibility index (Phi) is 8.15. The zero-order chi connectivity index (χ0) is 41.6. The first-order valence-corrected chi connectivity index (χ1v) is 22.6. The first-order valence-electron chi connectivity index (χ1n) is 21.8. The highest BCUT2D eigenvalue weighted by atomic mass is 32.1. The summed E-state index contributed by atoms with van der Waals surface area (Å²) in [6.07, 6.45) is 0.874. The van der Waals surface area contributed by atoms with Crippen molar-refractivity contribution in [3.05, 3.63) is 211 Å². The summed E-state index contributed by atoms with van der Waals surface area (Å²) in [5.41, 5.74) is 11.7. The van der Waals surface area contributed by atoms with Crippen LogP contribution in [0.3, 0.4) is 0 Å². The molecule has 2 atom stereocenters. The zero-order valence-corrected chi connectivity index (χ0v) is 35.3. The Bertz CT molecular complexity index is 3850. The highest BCUT2D eigenvalue weighted by molar-refractivity contribution is 7.25.